The van der Waals surface area contributed by atoms with Crippen LogP contribution in [0.2, 0.25) is 0 Å². The highest BCUT2D eigenvalue weighted by atomic mass is 19.4. The quantitative estimate of drug-likeness (QED) is 0.824. The molecule has 0 amide bonds. The minimum Gasteiger partial charge on any atom is -0.481 e. The number of anilines is 2. The van der Waals surface area contributed by atoms with Crippen LogP contribution in [0.25, 0.3) is 0 Å². The van der Waals surface area contributed by atoms with Gasteiger partial charge in [-0.2, -0.15) is 13.2 Å². The predicted molar refractivity (Wildman–Crippen MR) is 97.5 cm³/mol. The number of hydrogen-bond acceptors (Lipinski definition) is 7. The monoisotopic (exact) mass is 394 g/mol. The first kappa shape index (κ1) is 18.7. The number of rotatable bonds is 4. The summed E-state index contributed by atoms with van der Waals surface area (Å²) in [6.07, 6.45) is 0.0444. The Morgan fingerprint density at radius 2 is 2.14 bits per heavy atom. The number of ether oxygens (including phenoxy) is 1. The Bertz CT molecular complexity index is 854. The molecule has 0 bridgehead atoms. The van der Waals surface area contributed by atoms with Crippen molar-refractivity contribution in [3.63, 3.8) is 0 Å². The Kier molecular flexibility index (Phi) is 4.96. The van der Waals surface area contributed by atoms with E-state index in [1.807, 2.05) is 4.90 Å². The van der Waals surface area contributed by atoms with Crippen LogP contribution in [0.5, 0.6) is 5.88 Å². The first-order valence-electron chi connectivity index (χ1n) is 9.12. The van der Waals surface area contributed by atoms with Crippen LogP contribution in [-0.2, 0) is 19.1 Å². The molecule has 0 radical (unpaired) electrons. The molecule has 28 heavy (non-hydrogen) atoms. The molecule has 4 heterocycles. The van der Waals surface area contributed by atoms with Gasteiger partial charge in [0, 0.05) is 37.7 Å². The van der Waals surface area contributed by atoms with E-state index in [0.29, 0.717) is 25.2 Å². The highest BCUT2D eigenvalue weighted by Crippen LogP contribution is 2.38. The Morgan fingerprint density at radius 1 is 1.29 bits per heavy atom. The van der Waals surface area contributed by atoms with Crippen LogP contribution < -0.4 is 20.3 Å². The summed E-state index contributed by atoms with van der Waals surface area (Å²) in [6, 6.07) is 1.38. The topological polar surface area (TPSA) is 75.2 Å². The number of hydrogen-bond donors (Lipinski definition) is 2. The minimum atomic E-state index is -4.53. The molecule has 1 saturated heterocycles. The van der Waals surface area contributed by atoms with Crippen molar-refractivity contribution in [3.8, 4) is 5.88 Å². The lowest BCUT2D eigenvalue weighted by Crippen LogP contribution is -2.33. The summed E-state index contributed by atoms with van der Waals surface area (Å²) in [5.41, 5.74) is 1.37. The summed E-state index contributed by atoms with van der Waals surface area (Å²) in [7, 11) is 1.18. The van der Waals surface area contributed by atoms with Crippen molar-refractivity contribution in [2.75, 3.05) is 37.0 Å². The van der Waals surface area contributed by atoms with Crippen LogP contribution in [0.15, 0.2) is 18.6 Å². The van der Waals surface area contributed by atoms with Crippen molar-refractivity contribution in [2.24, 2.45) is 0 Å². The van der Waals surface area contributed by atoms with E-state index in [4.69, 9.17) is 4.74 Å². The molecule has 0 spiro atoms. The molecule has 1 atom stereocenters. The molecule has 150 valence electrons. The molecule has 2 aliphatic rings. The number of pyridine rings is 1. The third-order valence-electron chi connectivity index (χ3n) is 5.10. The van der Waals surface area contributed by atoms with Crippen molar-refractivity contribution in [1.29, 1.82) is 0 Å². The Morgan fingerprint density at radius 3 is 2.86 bits per heavy atom. The zero-order chi connectivity index (χ0) is 19.7. The maximum absolute atomic E-state index is 13.3. The van der Waals surface area contributed by atoms with Crippen molar-refractivity contribution in [3.05, 3.63) is 35.4 Å². The lowest BCUT2D eigenvalue weighted by Gasteiger charge is -2.31. The molecular weight excluding hydrogens is 373 g/mol. The summed E-state index contributed by atoms with van der Waals surface area (Å²) in [4.78, 5) is 14.5. The van der Waals surface area contributed by atoms with Crippen molar-refractivity contribution < 1.29 is 17.9 Å². The van der Waals surface area contributed by atoms with Gasteiger partial charge in [0.05, 0.1) is 24.7 Å². The van der Waals surface area contributed by atoms with Crippen LogP contribution >= 0.6 is 0 Å². The average Bonchev–Trinajstić information content (AvgIpc) is 3.20. The summed E-state index contributed by atoms with van der Waals surface area (Å²) < 4.78 is 44.8. The van der Waals surface area contributed by atoms with Crippen LogP contribution in [0, 0.1) is 0 Å². The van der Waals surface area contributed by atoms with E-state index >= 15 is 0 Å². The van der Waals surface area contributed by atoms with E-state index in [2.05, 4.69) is 25.6 Å². The summed E-state index contributed by atoms with van der Waals surface area (Å²) in [5.74, 6) is 0.328. The van der Waals surface area contributed by atoms with Gasteiger partial charge < -0.3 is 20.3 Å². The number of halogens is 3. The van der Waals surface area contributed by atoms with Gasteiger partial charge in [-0.15, -0.1) is 0 Å². The number of fused-ring (bicyclic) bond motifs is 1. The molecular formula is C18H21F3N6O. The third kappa shape index (κ3) is 3.68. The van der Waals surface area contributed by atoms with Gasteiger partial charge in [0.15, 0.2) is 0 Å². The molecule has 10 heteroatoms. The molecule has 7 nitrogen and oxygen atoms in total. The van der Waals surface area contributed by atoms with Gasteiger partial charge in [0.25, 0.3) is 0 Å². The van der Waals surface area contributed by atoms with Crippen molar-refractivity contribution in [2.45, 2.75) is 31.6 Å². The number of methoxy groups -OCH3 is 1. The van der Waals surface area contributed by atoms with Gasteiger partial charge in [-0.05, 0) is 19.0 Å². The molecule has 0 aromatic carbocycles. The van der Waals surface area contributed by atoms with Gasteiger partial charge in [-0.1, -0.05) is 0 Å². The summed E-state index contributed by atoms with van der Waals surface area (Å²) >= 11 is 0. The largest absolute Gasteiger partial charge is 0.481 e. The zero-order valence-electron chi connectivity index (χ0n) is 15.4. The SMILES string of the molecule is COc1ncc(N2CCc3ncnc(NC4CCNC4)c3C2)cc1C(F)(F)F. The number of alkyl halides is 3. The number of nitrogens with one attached hydrogen (secondary N) is 2. The van der Waals surface area contributed by atoms with E-state index in [1.165, 1.54) is 19.6 Å². The lowest BCUT2D eigenvalue weighted by atomic mass is 10.0. The number of nitrogens with zero attached hydrogens (tertiary/aromatic N) is 4. The predicted octanol–water partition coefficient (Wildman–Crippen LogP) is 2.24. The third-order valence-corrected chi connectivity index (χ3v) is 5.10. The summed E-state index contributed by atoms with van der Waals surface area (Å²) in [6.45, 7) is 2.79. The number of aromatic nitrogens is 3. The second kappa shape index (κ2) is 7.42. The average molecular weight is 394 g/mol. The van der Waals surface area contributed by atoms with Crippen LogP contribution in [-0.4, -0.2) is 47.7 Å². The first-order valence-corrected chi connectivity index (χ1v) is 9.12. The molecule has 2 N–H and O–H groups in total. The fraction of sp³-hybridized carbons (Fsp3) is 0.500. The molecule has 0 saturated carbocycles. The molecule has 1 unspecified atom stereocenters. The van der Waals surface area contributed by atoms with Gasteiger partial charge in [-0.25, -0.2) is 15.0 Å². The highest BCUT2D eigenvalue weighted by molar-refractivity contribution is 5.56. The van der Waals surface area contributed by atoms with E-state index in [9.17, 15) is 13.2 Å². The van der Waals surface area contributed by atoms with Gasteiger partial charge >= 0.3 is 6.18 Å². The van der Waals surface area contributed by atoms with Crippen LogP contribution in [0.3, 0.4) is 0 Å². The maximum atomic E-state index is 13.3. The molecule has 0 aliphatic carbocycles. The van der Waals surface area contributed by atoms with Crippen LogP contribution in [0.4, 0.5) is 24.7 Å². The second-order valence-electron chi connectivity index (χ2n) is 6.90. The van der Waals surface area contributed by atoms with E-state index in [1.54, 1.807) is 0 Å². The van der Waals surface area contributed by atoms with Gasteiger partial charge in [0.1, 0.15) is 17.7 Å². The Labute approximate surface area is 160 Å². The normalized spacial score (nSPS) is 19.4. The maximum Gasteiger partial charge on any atom is 0.421 e. The molecule has 2 aromatic rings. The smallest absolute Gasteiger partial charge is 0.421 e. The lowest BCUT2D eigenvalue weighted by molar-refractivity contribution is -0.139. The van der Waals surface area contributed by atoms with Crippen LogP contribution in [0.1, 0.15) is 23.2 Å². The highest BCUT2D eigenvalue weighted by Gasteiger charge is 2.36. The molecule has 4 rings (SSSR count). The standard InChI is InChI=1S/C18H21F3N6O/c1-28-17-14(18(19,20)21)6-12(8-23-17)27-5-3-15-13(9-27)16(25-10-24-15)26-11-2-4-22-7-11/h6,8,10-11,22H,2-5,7,9H2,1H3,(H,24,25,26). The van der Waals surface area contributed by atoms with Gasteiger partial charge in [-0.3, -0.25) is 0 Å². The van der Waals surface area contributed by atoms with E-state index < -0.39 is 17.6 Å². The van der Waals surface area contributed by atoms with E-state index in [-0.39, 0.29) is 6.04 Å². The second-order valence-corrected chi connectivity index (χ2v) is 6.90. The van der Waals surface area contributed by atoms with E-state index in [0.717, 1.165) is 42.7 Å². The first-order chi connectivity index (χ1) is 13.5. The van der Waals surface area contributed by atoms with Crippen molar-refractivity contribution in [1.82, 2.24) is 20.3 Å². The zero-order valence-corrected chi connectivity index (χ0v) is 15.4. The molecule has 2 aromatic heterocycles. The summed E-state index contributed by atoms with van der Waals surface area (Å²) in [5, 5.41) is 6.73. The minimum absolute atomic E-state index is 0.286. The Balaban J connectivity index is 1.62. The molecule has 2 aliphatic heterocycles. The van der Waals surface area contributed by atoms with Gasteiger partial charge in [0.2, 0.25) is 5.88 Å². The Hall–Kier alpha value is -2.62. The molecule has 1 fully saturated rings. The fourth-order valence-corrected chi connectivity index (χ4v) is 3.64. The van der Waals surface area contributed by atoms with Crippen molar-refractivity contribution >= 4 is 11.5 Å². The fourth-order valence-electron chi connectivity index (χ4n) is 3.64.